The maximum Gasteiger partial charge on any atom is 0.323 e. The summed E-state index contributed by atoms with van der Waals surface area (Å²) >= 11 is 0. The lowest BCUT2D eigenvalue weighted by atomic mass is 10.3. The van der Waals surface area contributed by atoms with Crippen LogP contribution in [0.3, 0.4) is 0 Å². The molecule has 0 aromatic heterocycles. The van der Waals surface area contributed by atoms with Gasteiger partial charge in [0.1, 0.15) is 6.04 Å². The van der Waals surface area contributed by atoms with Crippen LogP contribution in [-0.4, -0.2) is 45.1 Å². The summed E-state index contributed by atoms with van der Waals surface area (Å²) in [6, 6.07) is -0.901. The van der Waals surface area contributed by atoms with Crippen LogP contribution in [0.5, 0.6) is 0 Å². The molecule has 0 aromatic rings. The van der Waals surface area contributed by atoms with E-state index in [-0.39, 0.29) is 17.5 Å². The molecule has 6 heteroatoms. The van der Waals surface area contributed by atoms with Gasteiger partial charge in [0, 0.05) is 6.04 Å². The lowest BCUT2D eigenvalue weighted by Gasteiger charge is -2.26. The highest BCUT2D eigenvalue weighted by Crippen LogP contribution is 2.07. The Morgan fingerprint density at radius 3 is 2.54 bits per heavy atom. The van der Waals surface area contributed by atoms with E-state index in [1.54, 1.807) is 6.92 Å². The molecule has 2 unspecified atom stereocenters. The normalized spacial score (nSPS) is 32.5. The molecule has 1 rings (SSSR count). The van der Waals surface area contributed by atoms with Gasteiger partial charge in [-0.25, -0.2) is 8.42 Å². The quantitative estimate of drug-likeness (QED) is 0.555. The monoisotopic (exact) mass is 207 g/mol. The molecule has 0 aliphatic carbocycles. The number of hydrogen-bond acceptors (Lipinski definition) is 5. The zero-order valence-electron chi connectivity index (χ0n) is 7.61. The van der Waals surface area contributed by atoms with Gasteiger partial charge in [-0.05, 0) is 6.92 Å². The molecule has 13 heavy (non-hydrogen) atoms. The summed E-state index contributed by atoms with van der Waals surface area (Å²) in [6.07, 6.45) is 0. The summed E-state index contributed by atoms with van der Waals surface area (Å²) in [5.41, 5.74) is 0. The first-order valence-corrected chi connectivity index (χ1v) is 5.81. The fourth-order valence-corrected chi connectivity index (χ4v) is 3.16. The first-order chi connectivity index (χ1) is 5.94. The van der Waals surface area contributed by atoms with Crippen molar-refractivity contribution in [3.05, 3.63) is 0 Å². The second-order valence-electron chi connectivity index (χ2n) is 3.22. The second kappa shape index (κ2) is 3.63. The summed E-state index contributed by atoms with van der Waals surface area (Å²) in [6.45, 7) is 1.73. The fraction of sp³-hybridized carbons (Fsp3) is 0.857. The van der Waals surface area contributed by atoms with Crippen molar-refractivity contribution in [2.45, 2.75) is 19.0 Å². The van der Waals surface area contributed by atoms with Gasteiger partial charge in [-0.3, -0.25) is 4.79 Å². The number of carbonyl (C=O) groups excluding carboxylic acids is 1. The Bertz CT molecular complexity index is 298. The maximum absolute atomic E-state index is 11.2. The van der Waals surface area contributed by atoms with Crippen LogP contribution in [0.4, 0.5) is 0 Å². The number of hydrogen-bond donors (Lipinski definition) is 1. The van der Waals surface area contributed by atoms with Gasteiger partial charge >= 0.3 is 5.97 Å². The maximum atomic E-state index is 11.2. The smallest absolute Gasteiger partial charge is 0.323 e. The summed E-state index contributed by atoms with van der Waals surface area (Å²) in [5, 5.41) is 2.87. The zero-order chi connectivity index (χ0) is 10.1. The molecule has 5 nitrogen and oxygen atoms in total. The van der Waals surface area contributed by atoms with E-state index in [1.807, 2.05) is 0 Å². The zero-order valence-corrected chi connectivity index (χ0v) is 8.43. The molecular formula is C7H13NO4S. The van der Waals surface area contributed by atoms with Crippen LogP contribution in [-0.2, 0) is 19.4 Å². The highest BCUT2D eigenvalue weighted by atomic mass is 32.2. The average Bonchev–Trinajstić information content (AvgIpc) is 1.99. The van der Waals surface area contributed by atoms with Crippen molar-refractivity contribution in [2.75, 3.05) is 18.6 Å². The molecule has 0 amide bonds. The molecule has 1 fully saturated rings. The number of carbonyl (C=O) groups is 1. The molecule has 1 N–H and O–H groups in total. The van der Waals surface area contributed by atoms with Crippen molar-refractivity contribution in [1.29, 1.82) is 0 Å². The van der Waals surface area contributed by atoms with Gasteiger partial charge in [0.15, 0.2) is 9.84 Å². The SMILES string of the molecule is COC(=O)C1CS(=O)(=O)CC(C)N1. The van der Waals surface area contributed by atoms with Gasteiger partial charge in [0.05, 0.1) is 18.6 Å². The van der Waals surface area contributed by atoms with Crippen LogP contribution in [0, 0.1) is 0 Å². The molecule has 0 radical (unpaired) electrons. The van der Waals surface area contributed by atoms with Crippen LogP contribution in [0.1, 0.15) is 6.92 Å². The molecule has 2 atom stereocenters. The standard InChI is InChI=1S/C7H13NO4S/c1-5-3-13(10,11)4-6(8-5)7(9)12-2/h5-6,8H,3-4H2,1-2H3. The van der Waals surface area contributed by atoms with Crippen molar-refractivity contribution in [1.82, 2.24) is 5.32 Å². The Labute approximate surface area is 77.4 Å². The first-order valence-electron chi connectivity index (χ1n) is 3.99. The molecule has 0 saturated carbocycles. The molecule has 1 aliphatic heterocycles. The van der Waals surface area contributed by atoms with Crippen LogP contribution < -0.4 is 5.32 Å². The second-order valence-corrected chi connectivity index (χ2v) is 5.37. The number of nitrogens with one attached hydrogen (secondary N) is 1. The Hall–Kier alpha value is -0.620. The molecule has 1 heterocycles. The molecule has 0 spiro atoms. The van der Waals surface area contributed by atoms with Gasteiger partial charge in [0.25, 0.3) is 0 Å². The first kappa shape index (κ1) is 10.5. The summed E-state index contributed by atoms with van der Waals surface area (Å²) in [4.78, 5) is 11.1. The van der Waals surface area contributed by atoms with Crippen molar-refractivity contribution in [3.63, 3.8) is 0 Å². The molecular weight excluding hydrogens is 194 g/mol. The Morgan fingerprint density at radius 1 is 1.46 bits per heavy atom. The predicted octanol–water partition coefficient (Wildman–Crippen LogP) is -1.07. The van der Waals surface area contributed by atoms with Gasteiger partial charge in [0.2, 0.25) is 0 Å². The average molecular weight is 207 g/mol. The van der Waals surface area contributed by atoms with E-state index in [1.165, 1.54) is 7.11 Å². The van der Waals surface area contributed by atoms with E-state index in [0.717, 1.165) is 0 Å². The van der Waals surface area contributed by atoms with Crippen molar-refractivity contribution in [2.24, 2.45) is 0 Å². The van der Waals surface area contributed by atoms with Crippen molar-refractivity contribution >= 4 is 15.8 Å². The summed E-state index contributed by atoms with van der Waals surface area (Å²) < 4.78 is 27.0. The van der Waals surface area contributed by atoms with Gasteiger partial charge in [-0.2, -0.15) is 0 Å². The summed E-state index contributed by atoms with van der Waals surface area (Å²) in [5.74, 6) is -0.597. The minimum atomic E-state index is -3.10. The minimum absolute atomic E-state index is 0.0838. The van der Waals surface area contributed by atoms with E-state index in [4.69, 9.17) is 0 Å². The number of methoxy groups -OCH3 is 1. The third kappa shape index (κ3) is 2.67. The molecule has 0 bridgehead atoms. The topological polar surface area (TPSA) is 72.5 Å². The fourth-order valence-electron chi connectivity index (χ4n) is 1.42. The summed E-state index contributed by atoms with van der Waals surface area (Å²) in [7, 11) is -1.85. The van der Waals surface area contributed by atoms with Gasteiger partial charge in [-0.15, -0.1) is 0 Å². The molecule has 1 saturated heterocycles. The Balaban J connectivity index is 2.74. The van der Waals surface area contributed by atoms with E-state index in [0.29, 0.717) is 0 Å². The van der Waals surface area contributed by atoms with E-state index in [2.05, 4.69) is 10.1 Å². The molecule has 1 aliphatic rings. The lowest BCUT2D eigenvalue weighted by molar-refractivity contribution is -0.142. The van der Waals surface area contributed by atoms with Crippen LogP contribution in [0.2, 0.25) is 0 Å². The number of sulfone groups is 1. The van der Waals surface area contributed by atoms with E-state index in [9.17, 15) is 13.2 Å². The Morgan fingerprint density at radius 2 is 2.08 bits per heavy atom. The van der Waals surface area contributed by atoms with Gasteiger partial charge < -0.3 is 10.1 Å². The van der Waals surface area contributed by atoms with Crippen LogP contribution in [0.15, 0.2) is 0 Å². The highest BCUT2D eigenvalue weighted by molar-refractivity contribution is 7.91. The van der Waals surface area contributed by atoms with Crippen molar-refractivity contribution < 1.29 is 17.9 Å². The largest absolute Gasteiger partial charge is 0.468 e. The minimum Gasteiger partial charge on any atom is -0.468 e. The van der Waals surface area contributed by atoms with Crippen molar-refractivity contribution in [3.8, 4) is 0 Å². The number of rotatable bonds is 1. The lowest BCUT2D eigenvalue weighted by Crippen LogP contribution is -2.54. The molecule has 76 valence electrons. The number of ether oxygens (including phenoxy) is 1. The third-order valence-electron chi connectivity index (χ3n) is 1.90. The highest BCUT2D eigenvalue weighted by Gasteiger charge is 2.33. The van der Waals surface area contributed by atoms with E-state index >= 15 is 0 Å². The molecule has 0 aromatic carbocycles. The third-order valence-corrected chi connectivity index (χ3v) is 3.75. The number of esters is 1. The van der Waals surface area contributed by atoms with Gasteiger partial charge in [-0.1, -0.05) is 0 Å². The van der Waals surface area contributed by atoms with Crippen LogP contribution in [0.25, 0.3) is 0 Å². The van der Waals surface area contributed by atoms with E-state index < -0.39 is 21.8 Å². The Kier molecular flexibility index (Phi) is 2.92. The van der Waals surface area contributed by atoms with Crippen LogP contribution >= 0.6 is 0 Å². The predicted molar refractivity (Wildman–Crippen MR) is 47.1 cm³/mol.